The predicted molar refractivity (Wildman–Crippen MR) is 78.9 cm³/mol. The van der Waals surface area contributed by atoms with E-state index in [1.165, 1.54) is 0 Å². The van der Waals surface area contributed by atoms with Crippen LogP contribution in [0.3, 0.4) is 0 Å². The molecule has 0 aromatic heterocycles. The van der Waals surface area contributed by atoms with Gasteiger partial charge in [-0.3, -0.25) is 4.79 Å². The van der Waals surface area contributed by atoms with E-state index in [9.17, 15) is 4.79 Å². The summed E-state index contributed by atoms with van der Waals surface area (Å²) >= 11 is 7.36. The van der Waals surface area contributed by atoms with Crippen LogP contribution in [0, 0.1) is 0 Å². The van der Waals surface area contributed by atoms with Crippen LogP contribution in [0.5, 0.6) is 0 Å². The van der Waals surface area contributed by atoms with Crippen molar-refractivity contribution < 1.29 is 4.79 Å². The molecule has 0 spiro atoms. The van der Waals surface area contributed by atoms with E-state index < -0.39 is 0 Å². The van der Waals surface area contributed by atoms with E-state index in [1.54, 1.807) is 11.8 Å². The summed E-state index contributed by atoms with van der Waals surface area (Å²) in [7, 11) is 0. The van der Waals surface area contributed by atoms with Gasteiger partial charge in [0.25, 0.3) is 0 Å². The fraction of sp³-hybridized carbons (Fsp3) is 0.462. The molecule has 0 aliphatic rings. The van der Waals surface area contributed by atoms with Crippen molar-refractivity contribution in [2.24, 2.45) is 5.73 Å². The number of carbonyl (C=O) groups excluding carboxylic acids is 1. The van der Waals surface area contributed by atoms with Crippen molar-refractivity contribution in [2.45, 2.75) is 25.9 Å². The highest BCUT2D eigenvalue weighted by Gasteiger charge is 2.04. The van der Waals surface area contributed by atoms with E-state index in [2.05, 4.69) is 5.32 Å². The predicted octanol–water partition coefficient (Wildman–Crippen LogP) is 2.43. The molecule has 0 saturated carbocycles. The second-order valence-corrected chi connectivity index (χ2v) is 5.55. The van der Waals surface area contributed by atoms with Crippen LogP contribution in [0.1, 0.15) is 18.9 Å². The van der Waals surface area contributed by atoms with Gasteiger partial charge in [-0.2, -0.15) is 11.8 Å². The number of nitrogens with one attached hydrogen (secondary N) is 1. The van der Waals surface area contributed by atoms with Crippen molar-refractivity contribution in [3.8, 4) is 0 Å². The molecule has 0 aliphatic heterocycles. The third-order valence-corrected chi connectivity index (χ3v) is 3.87. The average Bonchev–Trinajstić information content (AvgIpc) is 2.38. The highest BCUT2D eigenvalue weighted by Crippen LogP contribution is 2.09. The highest BCUT2D eigenvalue weighted by molar-refractivity contribution is 7.99. The number of benzene rings is 1. The molecule has 1 rings (SSSR count). The lowest BCUT2D eigenvalue weighted by Gasteiger charge is -2.08. The van der Waals surface area contributed by atoms with Gasteiger partial charge < -0.3 is 11.1 Å². The summed E-state index contributed by atoms with van der Waals surface area (Å²) in [5, 5.41) is 3.57. The van der Waals surface area contributed by atoms with E-state index in [-0.39, 0.29) is 11.9 Å². The number of rotatable bonds is 7. The minimum atomic E-state index is 0.0400. The van der Waals surface area contributed by atoms with Crippen molar-refractivity contribution in [2.75, 3.05) is 11.5 Å². The first-order valence-electron chi connectivity index (χ1n) is 5.96. The second-order valence-electron chi connectivity index (χ2n) is 4.09. The van der Waals surface area contributed by atoms with Gasteiger partial charge in [0, 0.05) is 23.4 Å². The van der Waals surface area contributed by atoms with Crippen LogP contribution in [0.25, 0.3) is 0 Å². The third-order valence-electron chi connectivity index (χ3n) is 2.49. The van der Waals surface area contributed by atoms with Gasteiger partial charge in [0.2, 0.25) is 5.91 Å². The summed E-state index contributed by atoms with van der Waals surface area (Å²) in [6, 6.07) is 7.63. The van der Waals surface area contributed by atoms with Crippen molar-refractivity contribution in [1.82, 2.24) is 5.32 Å². The first-order chi connectivity index (χ1) is 8.61. The van der Waals surface area contributed by atoms with E-state index in [0.717, 1.165) is 17.7 Å². The number of hydrogen-bond donors (Lipinski definition) is 2. The molecule has 1 amide bonds. The molecule has 3 nitrogen and oxygen atoms in total. The Labute approximate surface area is 117 Å². The molecule has 3 N–H and O–H groups in total. The Bertz CT molecular complexity index is 370. The zero-order chi connectivity index (χ0) is 13.4. The first-order valence-corrected chi connectivity index (χ1v) is 7.49. The van der Waals surface area contributed by atoms with Gasteiger partial charge >= 0.3 is 0 Å². The molecule has 0 fully saturated rings. The van der Waals surface area contributed by atoms with Crippen LogP contribution in [0.15, 0.2) is 24.3 Å². The van der Waals surface area contributed by atoms with Gasteiger partial charge in [0.1, 0.15) is 0 Å². The topological polar surface area (TPSA) is 55.1 Å². The minimum absolute atomic E-state index is 0.0400. The lowest BCUT2D eigenvalue weighted by molar-refractivity contribution is -0.118. The van der Waals surface area contributed by atoms with Crippen LogP contribution in [0.4, 0.5) is 0 Å². The van der Waals surface area contributed by atoms with E-state index in [1.807, 2.05) is 31.2 Å². The van der Waals surface area contributed by atoms with E-state index in [4.69, 9.17) is 17.3 Å². The maximum Gasteiger partial charge on any atom is 0.230 e. The molecule has 1 aromatic carbocycles. The molecule has 1 unspecified atom stereocenters. The van der Waals surface area contributed by atoms with Crippen molar-refractivity contribution in [1.29, 1.82) is 0 Å². The smallest absolute Gasteiger partial charge is 0.230 e. The standard InChI is InChI=1S/C13H19ClN2OS/c1-2-12(15)8-18-9-13(17)16-7-10-3-5-11(14)6-4-10/h3-6,12H,2,7-9,15H2,1H3,(H,16,17). The van der Waals surface area contributed by atoms with Crippen LogP contribution >= 0.6 is 23.4 Å². The molecule has 1 atom stereocenters. The summed E-state index contributed by atoms with van der Waals surface area (Å²) in [5.41, 5.74) is 6.82. The largest absolute Gasteiger partial charge is 0.351 e. The molecular formula is C13H19ClN2OS. The molecule has 100 valence electrons. The van der Waals surface area contributed by atoms with E-state index in [0.29, 0.717) is 17.3 Å². The fourth-order valence-corrected chi connectivity index (χ4v) is 2.34. The molecule has 0 aliphatic carbocycles. The van der Waals surface area contributed by atoms with Gasteiger partial charge in [0.05, 0.1) is 5.75 Å². The third kappa shape index (κ3) is 6.28. The lowest BCUT2D eigenvalue weighted by atomic mass is 10.2. The summed E-state index contributed by atoms with van der Waals surface area (Å²) < 4.78 is 0. The first kappa shape index (κ1) is 15.3. The Balaban J connectivity index is 2.19. The second kappa shape index (κ2) is 8.40. The number of nitrogens with two attached hydrogens (primary N) is 1. The van der Waals surface area contributed by atoms with Crippen molar-refractivity contribution in [3.63, 3.8) is 0 Å². The summed E-state index contributed by atoms with van der Waals surface area (Å²) in [4.78, 5) is 11.6. The Morgan fingerprint density at radius 3 is 2.72 bits per heavy atom. The zero-order valence-electron chi connectivity index (χ0n) is 10.5. The molecule has 0 bridgehead atoms. The molecule has 5 heteroatoms. The quantitative estimate of drug-likeness (QED) is 0.809. The van der Waals surface area contributed by atoms with Gasteiger partial charge in [-0.25, -0.2) is 0 Å². The molecule has 1 aromatic rings. The van der Waals surface area contributed by atoms with Gasteiger partial charge in [-0.1, -0.05) is 30.7 Å². The van der Waals surface area contributed by atoms with Gasteiger partial charge in [-0.15, -0.1) is 0 Å². The maximum absolute atomic E-state index is 11.6. The van der Waals surface area contributed by atoms with Gasteiger partial charge in [-0.05, 0) is 24.1 Å². The van der Waals surface area contributed by atoms with Gasteiger partial charge in [0.15, 0.2) is 0 Å². The van der Waals surface area contributed by atoms with Crippen molar-refractivity contribution >= 4 is 29.3 Å². The van der Waals surface area contributed by atoms with Crippen LogP contribution in [-0.2, 0) is 11.3 Å². The SMILES string of the molecule is CCC(N)CSCC(=O)NCc1ccc(Cl)cc1. The maximum atomic E-state index is 11.6. The van der Waals surface area contributed by atoms with Crippen LogP contribution in [-0.4, -0.2) is 23.5 Å². The molecule has 18 heavy (non-hydrogen) atoms. The number of hydrogen-bond acceptors (Lipinski definition) is 3. The molecule has 0 saturated heterocycles. The Kier molecular flexibility index (Phi) is 7.16. The average molecular weight is 287 g/mol. The summed E-state index contributed by atoms with van der Waals surface area (Å²) in [6.45, 7) is 2.59. The number of halogens is 1. The Hall–Kier alpha value is -0.710. The van der Waals surface area contributed by atoms with E-state index >= 15 is 0 Å². The number of thioether (sulfide) groups is 1. The zero-order valence-corrected chi connectivity index (χ0v) is 12.1. The summed E-state index contributed by atoms with van der Waals surface area (Å²) in [6.07, 6.45) is 0.944. The Morgan fingerprint density at radius 1 is 1.44 bits per heavy atom. The monoisotopic (exact) mass is 286 g/mol. The normalized spacial score (nSPS) is 12.2. The molecule has 0 heterocycles. The Morgan fingerprint density at radius 2 is 2.11 bits per heavy atom. The molecule has 0 radical (unpaired) electrons. The highest BCUT2D eigenvalue weighted by atomic mass is 35.5. The summed E-state index contributed by atoms with van der Waals surface area (Å²) in [5.74, 6) is 1.32. The molecular weight excluding hydrogens is 268 g/mol. The minimum Gasteiger partial charge on any atom is -0.351 e. The lowest BCUT2D eigenvalue weighted by Crippen LogP contribution is -2.27. The van der Waals surface area contributed by atoms with Crippen LogP contribution in [0.2, 0.25) is 5.02 Å². The van der Waals surface area contributed by atoms with Crippen LogP contribution < -0.4 is 11.1 Å². The number of amides is 1. The van der Waals surface area contributed by atoms with Crippen molar-refractivity contribution in [3.05, 3.63) is 34.9 Å². The fourth-order valence-electron chi connectivity index (χ4n) is 1.27. The number of carbonyl (C=O) groups is 1.